The molecule has 0 aliphatic carbocycles. The Labute approximate surface area is 84.4 Å². The summed E-state index contributed by atoms with van der Waals surface area (Å²) in [6.45, 7) is 6.85. The molecule has 0 saturated heterocycles. The molecule has 0 bridgehead atoms. The van der Waals surface area contributed by atoms with Gasteiger partial charge in [-0.3, -0.25) is 0 Å². The van der Waals surface area contributed by atoms with Crippen molar-refractivity contribution in [3.63, 3.8) is 0 Å². The molecule has 1 atom stereocenters. The molecule has 0 aromatic heterocycles. The second-order valence-corrected chi connectivity index (χ2v) is 4.07. The van der Waals surface area contributed by atoms with Gasteiger partial charge < -0.3 is 0 Å². The Balaban J connectivity index is 3.12. The molecule has 78 valence electrons. The number of hydrogen-bond donors (Lipinski definition) is 0. The van der Waals surface area contributed by atoms with Gasteiger partial charge >= 0.3 is 0 Å². The van der Waals surface area contributed by atoms with Crippen molar-refractivity contribution in [3.05, 3.63) is 12.2 Å². The van der Waals surface area contributed by atoms with Crippen LogP contribution in [-0.2, 0) is 0 Å². The normalized spacial score (nSPS) is 13.8. The summed E-state index contributed by atoms with van der Waals surface area (Å²) in [6.07, 6.45) is 14.1. The third-order valence-electron chi connectivity index (χ3n) is 2.63. The first-order chi connectivity index (χ1) is 6.31. The molecule has 0 fully saturated rings. The minimum absolute atomic E-state index is 0.867. The van der Waals surface area contributed by atoms with Gasteiger partial charge in [0.2, 0.25) is 0 Å². The maximum atomic E-state index is 2.36. The van der Waals surface area contributed by atoms with Crippen LogP contribution in [-0.4, -0.2) is 0 Å². The fourth-order valence-corrected chi connectivity index (χ4v) is 1.30. The summed E-state index contributed by atoms with van der Waals surface area (Å²) in [4.78, 5) is 0. The summed E-state index contributed by atoms with van der Waals surface area (Å²) < 4.78 is 0. The van der Waals surface area contributed by atoms with E-state index in [-0.39, 0.29) is 0 Å². The zero-order valence-electron chi connectivity index (χ0n) is 9.68. The third kappa shape index (κ3) is 9.66. The van der Waals surface area contributed by atoms with E-state index in [4.69, 9.17) is 0 Å². The van der Waals surface area contributed by atoms with Crippen LogP contribution in [0.15, 0.2) is 12.2 Å². The van der Waals surface area contributed by atoms with E-state index in [1.165, 1.54) is 44.9 Å². The summed E-state index contributed by atoms with van der Waals surface area (Å²) in [5, 5.41) is 0. The molecular formula is C13H26. The van der Waals surface area contributed by atoms with Crippen molar-refractivity contribution in [2.75, 3.05) is 0 Å². The van der Waals surface area contributed by atoms with Gasteiger partial charge in [0.05, 0.1) is 0 Å². The van der Waals surface area contributed by atoms with Crippen LogP contribution < -0.4 is 0 Å². The second kappa shape index (κ2) is 9.83. The summed E-state index contributed by atoms with van der Waals surface area (Å²) in [5.74, 6) is 0.867. The third-order valence-corrected chi connectivity index (χ3v) is 2.63. The van der Waals surface area contributed by atoms with E-state index in [0.717, 1.165) is 5.92 Å². The highest BCUT2D eigenvalue weighted by molar-refractivity contribution is 4.82. The Kier molecular flexibility index (Phi) is 9.63. The Morgan fingerprint density at radius 3 is 2.38 bits per heavy atom. The fraction of sp³-hybridized carbons (Fsp3) is 0.846. The molecule has 0 rings (SSSR count). The highest BCUT2D eigenvalue weighted by atomic mass is 14.0. The Hall–Kier alpha value is -0.260. The molecule has 0 N–H and O–H groups in total. The monoisotopic (exact) mass is 182 g/mol. The molecule has 0 heteroatoms. The quantitative estimate of drug-likeness (QED) is 0.368. The van der Waals surface area contributed by atoms with Gasteiger partial charge in [-0.1, -0.05) is 58.6 Å². The minimum Gasteiger partial charge on any atom is -0.0885 e. The lowest BCUT2D eigenvalue weighted by Gasteiger charge is -2.02. The van der Waals surface area contributed by atoms with Crippen LogP contribution >= 0.6 is 0 Å². The average molecular weight is 182 g/mol. The fourth-order valence-electron chi connectivity index (χ4n) is 1.30. The summed E-state index contributed by atoms with van der Waals surface area (Å²) in [7, 11) is 0. The number of allylic oxidation sites excluding steroid dienone is 2. The van der Waals surface area contributed by atoms with Crippen LogP contribution in [0, 0.1) is 5.92 Å². The first kappa shape index (κ1) is 12.7. The van der Waals surface area contributed by atoms with E-state index in [1.54, 1.807) is 0 Å². The van der Waals surface area contributed by atoms with E-state index >= 15 is 0 Å². The number of hydrogen-bond acceptors (Lipinski definition) is 0. The van der Waals surface area contributed by atoms with E-state index in [9.17, 15) is 0 Å². The molecule has 0 spiro atoms. The van der Waals surface area contributed by atoms with Gasteiger partial charge in [0.25, 0.3) is 0 Å². The van der Waals surface area contributed by atoms with Gasteiger partial charge in [-0.15, -0.1) is 0 Å². The predicted molar refractivity (Wildman–Crippen MR) is 62.0 cm³/mol. The lowest BCUT2D eigenvalue weighted by molar-refractivity contribution is 0.570. The van der Waals surface area contributed by atoms with Gasteiger partial charge in [-0.25, -0.2) is 0 Å². The van der Waals surface area contributed by atoms with E-state index < -0.39 is 0 Å². The molecule has 0 amide bonds. The van der Waals surface area contributed by atoms with Crippen molar-refractivity contribution >= 4 is 0 Å². The highest BCUT2D eigenvalue weighted by Crippen LogP contribution is 2.08. The lowest BCUT2D eigenvalue weighted by Crippen LogP contribution is -1.87. The Morgan fingerprint density at radius 2 is 1.77 bits per heavy atom. The van der Waals surface area contributed by atoms with E-state index in [1.807, 2.05) is 0 Å². The molecular weight excluding hydrogens is 156 g/mol. The van der Waals surface area contributed by atoms with Crippen molar-refractivity contribution in [3.8, 4) is 0 Å². The smallest absolute Gasteiger partial charge is 0.0325 e. The maximum Gasteiger partial charge on any atom is -0.0325 e. The van der Waals surface area contributed by atoms with E-state index in [0.29, 0.717) is 0 Å². The molecule has 0 aromatic rings. The molecule has 0 aliphatic rings. The molecule has 0 nitrogen and oxygen atoms in total. The van der Waals surface area contributed by atoms with Crippen molar-refractivity contribution in [2.45, 2.75) is 65.7 Å². The highest BCUT2D eigenvalue weighted by Gasteiger charge is 1.92. The summed E-state index contributed by atoms with van der Waals surface area (Å²) in [5.41, 5.74) is 0. The van der Waals surface area contributed by atoms with Crippen molar-refractivity contribution in [2.24, 2.45) is 5.92 Å². The SMILES string of the molecule is CCCCCCC=CCC(C)CC. The molecule has 0 heterocycles. The molecule has 13 heavy (non-hydrogen) atoms. The average Bonchev–Trinajstić information content (AvgIpc) is 2.16. The number of unbranched alkanes of at least 4 members (excludes halogenated alkanes) is 4. The topological polar surface area (TPSA) is 0 Å². The first-order valence-corrected chi connectivity index (χ1v) is 5.96. The van der Waals surface area contributed by atoms with Crippen LogP contribution in [0.5, 0.6) is 0 Å². The van der Waals surface area contributed by atoms with Gasteiger partial charge in [0.1, 0.15) is 0 Å². The maximum absolute atomic E-state index is 2.36. The van der Waals surface area contributed by atoms with Crippen LogP contribution in [0.4, 0.5) is 0 Å². The van der Waals surface area contributed by atoms with Crippen LogP contribution in [0.2, 0.25) is 0 Å². The summed E-state index contributed by atoms with van der Waals surface area (Å²) in [6, 6.07) is 0. The van der Waals surface area contributed by atoms with E-state index in [2.05, 4.69) is 32.9 Å². The predicted octanol–water partition coefficient (Wildman–Crippen LogP) is 4.95. The molecule has 0 saturated carbocycles. The molecule has 1 unspecified atom stereocenters. The summed E-state index contributed by atoms with van der Waals surface area (Å²) >= 11 is 0. The molecule has 0 aliphatic heterocycles. The van der Waals surface area contributed by atoms with Gasteiger partial charge in [-0.2, -0.15) is 0 Å². The first-order valence-electron chi connectivity index (χ1n) is 5.96. The van der Waals surface area contributed by atoms with Gasteiger partial charge in [0.15, 0.2) is 0 Å². The van der Waals surface area contributed by atoms with Crippen molar-refractivity contribution in [1.29, 1.82) is 0 Å². The van der Waals surface area contributed by atoms with Gasteiger partial charge in [0, 0.05) is 0 Å². The number of rotatable bonds is 8. The Bertz CT molecular complexity index is 113. The molecule has 0 radical (unpaired) electrons. The van der Waals surface area contributed by atoms with Crippen LogP contribution in [0.1, 0.15) is 65.7 Å². The lowest BCUT2D eigenvalue weighted by atomic mass is 10.0. The second-order valence-electron chi connectivity index (χ2n) is 4.07. The van der Waals surface area contributed by atoms with Crippen LogP contribution in [0.3, 0.4) is 0 Å². The van der Waals surface area contributed by atoms with Crippen molar-refractivity contribution < 1.29 is 0 Å². The van der Waals surface area contributed by atoms with Crippen molar-refractivity contribution in [1.82, 2.24) is 0 Å². The molecule has 0 aromatic carbocycles. The zero-order valence-corrected chi connectivity index (χ0v) is 9.68. The van der Waals surface area contributed by atoms with Gasteiger partial charge in [-0.05, 0) is 25.2 Å². The standard InChI is InChI=1S/C13H26/c1-4-6-7-8-9-10-11-12-13(3)5-2/h10-11,13H,4-9,12H2,1-3H3. The van der Waals surface area contributed by atoms with Crippen LogP contribution in [0.25, 0.3) is 0 Å². The minimum atomic E-state index is 0.867. The largest absolute Gasteiger partial charge is 0.0885 e. The Morgan fingerprint density at radius 1 is 1.00 bits per heavy atom. The zero-order chi connectivity index (χ0) is 9.94.